The highest BCUT2D eigenvalue weighted by Gasteiger charge is 2.19. The van der Waals surface area contributed by atoms with Crippen LogP contribution in [-0.4, -0.2) is 0 Å². The van der Waals surface area contributed by atoms with Crippen LogP contribution in [0.15, 0.2) is 218 Å². The van der Waals surface area contributed by atoms with Crippen LogP contribution in [0.3, 0.4) is 0 Å². The Hall–Kier alpha value is -7.06. The SMILES string of the molecule is c1ccc(-c2cccc(-c3cc(-c4ccc5c(-c6ccccc6)c6ccccc6c(-c6ccccc6)c5c4)cc(-c4cccc5c4sc4ccccc45)c3)c2)cc1. The van der Waals surface area contributed by atoms with Crippen molar-refractivity contribution in [2.45, 2.75) is 0 Å². The van der Waals surface area contributed by atoms with E-state index >= 15 is 0 Å². The molecule has 0 saturated carbocycles. The topological polar surface area (TPSA) is 0 Å². The van der Waals surface area contributed by atoms with Crippen LogP contribution in [-0.2, 0) is 0 Å². The maximum atomic E-state index is 2.44. The first-order chi connectivity index (χ1) is 28.3. The minimum atomic E-state index is 1.19. The lowest BCUT2D eigenvalue weighted by Gasteiger charge is -2.19. The van der Waals surface area contributed by atoms with Gasteiger partial charge in [0.15, 0.2) is 0 Å². The molecule has 0 aliphatic rings. The van der Waals surface area contributed by atoms with Gasteiger partial charge in [0.2, 0.25) is 0 Å². The summed E-state index contributed by atoms with van der Waals surface area (Å²) in [5.74, 6) is 0. The zero-order valence-corrected chi connectivity index (χ0v) is 32.0. The molecule has 0 saturated heterocycles. The highest BCUT2D eigenvalue weighted by molar-refractivity contribution is 7.26. The van der Waals surface area contributed by atoms with Crippen LogP contribution in [0, 0.1) is 0 Å². The molecule has 0 fully saturated rings. The number of hydrogen-bond acceptors (Lipinski definition) is 1. The monoisotopic (exact) mass is 740 g/mol. The number of hydrogen-bond donors (Lipinski definition) is 0. The van der Waals surface area contributed by atoms with E-state index < -0.39 is 0 Å². The second-order valence-electron chi connectivity index (χ2n) is 14.8. The molecule has 11 aromatic rings. The first kappa shape index (κ1) is 33.3. The van der Waals surface area contributed by atoms with Crippen LogP contribution < -0.4 is 0 Å². The largest absolute Gasteiger partial charge is 0.135 e. The van der Waals surface area contributed by atoms with Crippen LogP contribution in [0.25, 0.3) is 108 Å². The molecule has 1 aromatic heterocycles. The van der Waals surface area contributed by atoms with Crippen molar-refractivity contribution < 1.29 is 0 Å². The quantitative estimate of drug-likeness (QED) is 0.149. The number of thiophene rings is 1. The average molecular weight is 741 g/mol. The molecule has 0 spiro atoms. The maximum absolute atomic E-state index is 2.44. The standard InChI is InChI=1S/C56H36S/c1-4-16-37(17-5-1)40-22-14-23-41(32-40)43-33-44(35-45(34-43)46-27-15-28-51-47-24-12-13-29-53(47)57-56(46)51)42-30-31-50-52(36-42)55(39-20-8-3-9-21-39)49-26-11-10-25-48(49)54(50)38-18-6-2-7-19-38/h1-36H. The summed E-state index contributed by atoms with van der Waals surface area (Å²) in [5.41, 5.74) is 14.7. The van der Waals surface area contributed by atoms with Crippen molar-refractivity contribution in [3.8, 4) is 66.8 Å². The summed E-state index contributed by atoms with van der Waals surface area (Å²) < 4.78 is 2.64. The Kier molecular flexibility index (Phi) is 8.12. The normalized spacial score (nSPS) is 11.5. The molecule has 266 valence electrons. The van der Waals surface area contributed by atoms with Crippen LogP contribution in [0.4, 0.5) is 0 Å². The first-order valence-corrected chi connectivity index (χ1v) is 20.4. The number of fused-ring (bicyclic) bond motifs is 5. The Bertz CT molecular complexity index is 3270. The van der Waals surface area contributed by atoms with Gasteiger partial charge >= 0.3 is 0 Å². The lowest BCUT2D eigenvalue weighted by atomic mass is 9.84. The minimum Gasteiger partial charge on any atom is -0.135 e. The Morgan fingerprint density at radius 2 is 0.667 bits per heavy atom. The van der Waals surface area contributed by atoms with Gasteiger partial charge in [0.25, 0.3) is 0 Å². The molecule has 0 aliphatic heterocycles. The summed E-state index contributed by atoms with van der Waals surface area (Å²) in [7, 11) is 0. The highest BCUT2D eigenvalue weighted by Crippen LogP contribution is 2.46. The zero-order chi connectivity index (χ0) is 37.7. The summed E-state index contributed by atoms with van der Waals surface area (Å²) >= 11 is 1.89. The van der Waals surface area contributed by atoms with Gasteiger partial charge in [0.1, 0.15) is 0 Å². The van der Waals surface area contributed by atoms with Crippen molar-refractivity contribution in [2.75, 3.05) is 0 Å². The van der Waals surface area contributed by atoms with Gasteiger partial charge in [-0.1, -0.05) is 182 Å². The molecule has 0 atom stereocenters. The molecule has 1 heteroatoms. The Morgan fingerprint density at radius 3 is 1.33 bits per heavy atom. The van der Waals surface area contributed by atoms with Gasteiger partial charge < -0.3 is 0 Å². The van der Waals surface area contributed by atoms with E-state index in [-0.39, 0.29) is 0 Å². The van der Waals surface area contributed by atoms with Gasteiger partial charge in [-0.25, -0.2) is 0 Å². The molecule has 57 heavy (non-hydrogen) atoms. The summed E-state index contributed by atoms with van der Waals surface area (Å²) in [4.78, 5) is 0. The second kappa shape index (κ2) is 13.9. The van der Waals surface area contributed by atoms with Gasteiger partial charge in [-0.05, 0) is 125 Å². The lowest BCUT2D eigenvalue weighted by molar-refractivity contribution is 1.57. The van der Waals surface area contributed by atoms with Crippen LogP contribution in [0.1, 0.15) is 0 Å². The number of rotatable bonds is 6. The van der Waals surface area contributed by atoms with Crippen molar-refractivity contribution in [3.05, 3.63) is 218 Å². The molecule has 0 unspecified atom stereocenters. The highest BCUT2D eigenvalue weighted by atomic mass is 32.1. The second-order valence-corrected chi connectivity index (χ2v) is 15.9. The van der Waals surface area contributed by atoms with Crippen LogP contribution >= 0.6 is 11.3 Å². The van der Waals surface area contributed by atoms with E-state index in [9.17, 15) is 0 Å². The van der Waals surface area contributed by atoms with E-state index in [1.165, 1.54) is 108 Å². The minimum absolute atomic E-state index is 1.19. The molecule has 1 heterocycles. The van der Waals surface area contributed by atoms with Crippen LogP contribution in [0.5, 0.6) is 0 Å². The fourth-order valence-corrected chi connectivity index (χ4v) is 10.0. The van der Waals surface area contributed by atoms with E-state index in [0.29, 0.717) is 0 Å². The molecule has 0 nitrogen and oxygen atoms in total. The third-order valence-electron chi connectivity index (χ3n) is 11.4. The Balaban J connectivity index is 1.19. The molecule has 0 radical (unpaired) electrons. The predicted octanol–water partition coefficient (Wildman–Crippen LogP) is 16.4. The predicted molar refractivity (Wildman–Crippen MR) is 247 cm³/mol. The van der Waals surface area contributed by atoms with Gasteiger partial charge in [0.05, 0.1) is 0 Å². The molecular formula is C56H36S. The van der Waals surface area contributed by atoms with E-state index in [4.69, 9.17) is 0 Å². The summed E-state index contributed by atoms with van der Waals surface area (Å²) in [6.45, 7) is 0. The molecular weight excluding hydrogens is 705 g/mol. The summed E-state index contributed by atoms with van der Waals surface area (Å²) in [6, 6.07) is 80.3. The van der Waals surface area contributed by atoms with Crippen molar-refractivity contribution >= 4 is 53.1 Å². The third kappa shape index (κ3) is 5.84. The van der Waals surface area contributed by atoms with Gasteiger partial charge in [0, 0.05) is 20.2 Å². The maximum Gasteiger partial charge on any atom is 0.0433 e. The zero-order valence-electron chi connectivity index (χ0n) is 31.2. The van der Waals surface area contributed by atoms with E-state index in [2.05, 4.69) is 218 Å². The molecule has 0 N–H and O–H groups in total. The van der Waals surface area contributed by atoms with Crippen molar-refractivity contribution in [1.82, 2.24) is 0 Å². The molecule has 0 amide bonds. The van der Waals surface area contributed by atoms with E-state index in [0.717, 1.165) is 0 Å². The van der Waals surface area contributed by atoms with Crippen molar-refractivity contribution in [3.63, 3.8) is 0 Å². The average Bonchev–Trinajstić information content (AvgIpc) is 3.68. The summed E-state index contributed by atoms with van der Waals surface area (Å²) in [5, 5.41) is 7.66. The van der Waals surface area contributed by atoms with Crippen molar-refractivity contribution in [1.29, 1.82) is 0 Å². The molecule has 11 rings (SSSR count). The molecule has 10 aromatic carbocycles. The van der Waals surface area contributed by atoms with E-state index in [1.807, 2.05) is 11.3 Å². The lowest BCUT2D eigenvalue weighted by Crippen LogP contribution is -1.92. The summed E-state index contributed by atoms with van der Waals surface area (Å²) in [6.07, 6.45) is 0. The van der Waals surface area contributed by atoms with Crippen LogP contribution in [0.2, 0.25) is 0 Å². The van der Waals surface area contributed by atoms with Gasteiger partial charge in [-0.3, -0.25) is 0 Å². The fourth-order valence-electron chi connectivity index (χ4n) is 8.79. The van der Waals surface area contributed by atoms with Gasteiger partial charge in [-0.2, -0.15) is 0 Å². The Labute approximate surface area is 336 Å². The molecule has 0 bridgehead atoms. The Morgan fingerprint density at radius 1 is 0.228 bits per heavy atom. The van der Waals surface area contributed by atoms with Crippen molar-refractivity contribution in [2.24, 2.45) is 0 Å². The fraction of sp³-hybridized carbons (Fsp3) is 0. The number of benzene rings is 10. The van der Waals surface area contributed by atoms with E-state index in [1.54, 1.807) is 0 Å². The first-order valence-electron chi connectivity index (χ1n) is 19.6. The van der Waals surface area contributed by atoms with Gasteiger partial charge in [-0.15, -0.1) is 11.3 Å². The molecule has 0 aliphatic carbocycles. The third-order valence-corrected chi connectivity index (χ3v) is 12.7. The smallest absolute Gasteiger partial charge is 0.0433 e.